The molecule has 2 heterocycles. The molecule has 10 heteroatoms. The summed E-state index contributed by atoms with van der Waals surface area (Å²) >= 11 is 1.76. The first-order valence-corrected chi connectivity index (χ1v) is 12.5. The normalized spacial score (nSPS) is 22.5. The van der Waals surface area contributed by atoms with Gasteiger partial charge in [0, 0.05) is 42.5 Å². The summed E-state index contributed by atoms with van der Waals surface area (Å²) in [6, 6.07) is 7.81. The molecule has 6 nitrogen and oxygen atoms in total. The number of aromatic nitrogens is 1. The Labute approximate surface area is 195 Å². The molecule has 1 aliphatic heterocycles. The molecule has 1 aromatic heterocycles. The lowest BCUT2D eigenvalue weighted by Crippen LogP contribution is -2.48. The number of alkyl halides is 3. The summed E-state index contributed by atoms with van der Waals surface area (Å²) in [6.07, 6.45) is -0.799. The summed E-state index contributed by atoms with van der Waals surface area (Å²) in [5, 5.41) is 7.29. The Morgan fingerprint density at radius 3 is 2.67 bits per heavy atom. The molecule has 1 atom stereocenters. The monoisotopic (exact) mass is 481 g/mol. The second kappa shape index (κ2) is 10.5. The van der Waals surface area contributed by atoms with E-state index in [2.05, 4.69) is 15.6 Å². The van der Waals surface area contributed by atoms with Crippen LogP contribution in [-0.2, 0) is 11.0 Å². The number of thioether (sulfide) groups is 1. The van der Waals surface area contributed by atoms with Crippen LogP contribution < -0.4 is 16.4 Å². The van der Waals surface area contributed by atoms with E-state index in [1.165, 1.54) is 0 Å². The third kappa shape index (κ3) is 5.91. The summed E-state index contributed by atoms with van der Waals surface area (Å²) < 4.78 is 39.7. The summed E-state index contributed by atoms with van der Waals surface area (Å²) in [6.45, 7) is 1.91. The van der Waals surface area contributed by atoms with E-state index in [0.29, 0.717) is 35.7 Å². The Kier molecular flexibility index (Phi) is 7.65. The predicted octanol–water partition coefficient (Wildman–Crippen LogP) is 3.67. The van der Waals surface area contributed by atoms with E-state index in [-0.39, 0.29) is 11.8 Å². The van der Waals surface area contributed by atoms with Gasteiger partial charge < -0.3 is 21.3 Å². The Balaban J connectivity index is 1.25. The number of hydrogen-bond acceptors (Lipinski definition) is 6. The molecule has 1 saturated heterocycles. The van der Waals surface area contributed by atoms with Crippen LogP contribution in [-0.4, -0.2) is 59.1 Å². The van der Waals surface area contributed by atoms with Gasteiger partial charge >= 0.3 is 6.18 Å². The number of amides is 1. The zero-order valence-corrected chi connectivity index (χ0v) is 19.2. The highest BCUT2D eigenvalue weighted by Crippen LogP contribution is 2.33. The first-order chi connectivity index (χ1) is 15.8. The number of carbonyl (C=O) groups excluding carboxylic acids is 1. The van der Waals surface area contributed by atoms with E-state index in [4.69, 9.17) is 5.73 Å². The molecule has 0 bridgehead atoms. The Hall–Kier alpha value is -2.04. The van der Waals surface area contributed by atoms with Gasteiger partial charge in [-0.15, -0.1) is 11.8 Å². The summed E-state index contributed by atoms with van der Waals surface area (Å²) in [5.74, 6) is 2.01. The largest absolute Gasteiger partial charge is 0.433 e. The molecule has 180 valence electrons. The van der Waals surface area contributed by atoms with Crippen LogP contribution in [0, 0.1) is 5.92 Å². The summed E-state index contributed by atoms with van der Waals surface area (Å²) in [4.78, 5) is 18.1. The van der Waals surface area contributed by atoms with Gasteiger partial charge in [-0.25, -0.2) is 4.98 Å². The number of nitrogens with two attached hydrogens (primary N) is 1. The highest BCUT2D eigenvalue weighted by Gasteiger charge is 2.34. The van der Waals surface area contributed by atoms with E-state index in [1.807, 2.05) is 4.90 Å². The number of pyridine rings is 1. The van der Waals surface area contributed by atoms with Gasteiger partial charge in [0.2, 0.25) is 5.91 Å². The topological polar surface area (TPSA) is 83.3 Å². The van der Waals surface area contributed by atoms with Crippen molar-refractivity contribution in [1.29, 1.82) is 0 Å². The molecule has 1 amide bonds. The van der Waals surface area contributed by atoms with Crippen LogP contribution in [0.4, 0.5) is 18.9 Å². The second-order valence-corrected chi connectivity index (χ2v) is 9.80. The Morgan fingerprint density at radius 2 is 1.97 bits per heavy atom. The van der Waals surface area contributed by atoms with E-state index in [1.54, 1.807) is 36.0 Å². The van der Waals surface area contributed by atoms with Crippen molar-refractivity contribution in [3.05, 3.63) is 36.0 Å². The number of nitrogens with zero attached hydrogens (tertiary/aromatic N) is 2. The number of anilines is 1. The molecule has 1 aromatic carbocycles. The molecule has 2 aliphatic rings. The average Bonchev–Trinajstić information content (AvgIpc) is 3.35. The molecule has 0 spiro atoms. The molecule has 0 unspecified atom stereocenters. The van der Waals surface area contributed by atoms with Crippen LogP contribution in [0.15, 0.2) is 30.3 Å². The Morgan fingerprint density at radius 1 is 1.21 bits per heavy atom. The molecular formula is C23H30F3N5OS. The standard InChI is InChI=1S/C23H30F3N5OS/c24-23(25,26)20-13-19(17-3-1-2-4-18(17)30-20)29-10-9-28-16-7-5-15(6-8-16)21(27)22(32)31-11-12-33-14-31/h1-4,13,15-16,21,28H,5-12,14,27H2,(H,29,30)/t15?,16?,21-/m0/s1. The van der Waals surface area contributed by atoms with Crippen molar-refractivity contribution in [2.45, 2.75) is 43.9 Å². The van der Waals surface area contributed by atoms with Crippen molar-refractivity contribution in [1.82, 2.24) is 15.2 Å². The van der Waals surface area contributed by atoms with Gasteiger partial charge in [-0.05, 0) is 43.7 Å². The number of rotatable bonds is 7. The van der Waals surface area contributed by atoms with E-state index in [9.17, 15) is 18.0 Å². The molecule has 0 radical (unpaired) electrons. The maximum absolute atomic E-state index is 13.2. The zero-order valence-electron chi connectivity index (χ0n) is 18.4. The van der Waals surface area contributed by atoms with Crippen LogP contribution in [0.1, 0.15) is 31.4 Å². The smallest absolute Gasteiger partial charge is 0.383 e. The minimum Gasteiger partial charge on any atom is -0.383 e. The highest BCUT2D eigenvalue weighted by molar-refractivity contribution is 7.99. The van der Waals surface area contributed by atoms with Gasteiger partial charge in [-0.3, -0.25) is 4.79 Å². The van der Waals surface area contributed by atoms with E-state index < -0.39 is 17.9 Å². The maximum Gasteiger partial charge on any atom is 0.433 e. The fourth-order valence-corrected chi connectivity index (χ4v) is 5.58. The van der Waals surface area contributed by atoms with Gasteiger partial charge in [0.25, 0.3) is 0 Å². The zero-order chi connectivity index (χ0) is 23.4. The van der Waals surface area contributed by atoms with E-state index >= 15 is 0 Å². The molecule has 2 fully saturated rings. The second-order valence-electron chi connectivity index (χ2n) is 8.73. The lowest BCUT2D eigenvalue weighted by molar-refractivity contribution is -0.141. The van der Waals surface area contributed by atoms with Gasteiger partial charge in [0.15, 0.2) is 0 Å². The maximum atomic E-state index is 13.2. The van der Waals surface area contributed by atoms with Crippen LogP contribution >= 0.6 is 11.8 Å². The van der Waals surface area contributed by atoms with Gasteiger partial charge in [0.1, 0.15) is 5.69 Å². The lowest BCUT2D eigenvalue weighted by Gasteiger charge is -2.33. The number of carbonyl (C=O) groups is 1. The summed E-state index contributed by atoms with van der Waals surface area (Å²) in [5.41, 5.74) is 6.13. The first-order valence-electron chi connectivity index (χ1n) is 11.4. The Bertz CT molecular complexity index is 959. The van der Waals surface area contributed by atoms with Gasteiger partial charge in [0.05, 0.1) is 17.4 Å². The fraction of sp³-hybridized carbons (Fsp3) is 0.565. The minimum absolute atomic E-state index is 0.0726. The molecular weight excluding hydrogens is 451 g/mol. The van der Waals surface area contributed by atoms with Crippen LogP contribution in [0.3, 0.4) is 0 Å². The van der Waals surface area contributed by atoms with Gasteiger partial charge in [-0.2, -0.15) is 13.2 Å². The molecule has 33 heavy (non-hydrogen) atoms. The number of fused-ring (bicyclic) bond motifs is 1. The summed E-state index contributed by atoms with van der Waals surface area (Å²) in [7, 11) is 0. The van der Waals surface area contributed by atoms with Crippen molar-refractivity contribution in [2.75, 3.05) is 36.6 Å². The number of hydrogen-bond donors (Lipinski definition) is 3. The van der Waals surface area contributed by atoms with Gasteiger partial charge in [-0.1, -0.05) is 18.2 Å². The highest BCUT2D eigenvalue weighted by atomic mass is 32.2. The first kappa shape index (κ1) is 24.1. The van der Waals surface area contributed by atoms with Crippen LogP contribution in [0.25, 0.3) is 10.9 Å². The molecule has 1 saturated carbocycles. The third-order valence-electron chi connectivity index (χ3n) is 6.51. The van der Waals surface area contributed by atoms with Crippen molar-refractivity contribution in [3.63, 3.8) is 0 Å². The third-order valence-corrected chi connectivity index (χ3v) is 7.47. The quantitative estimate of drug-likeness (QED) is 0.524. The molecule has 4 rings (SSSR count). The van der Waals surface area contributed by atoms with Crippen molar-refractivity contribution in [3.8, 4) is 0 Å². The number of halogens is 3. The van der Waals surface area contributed by atoms with Crippen LogP contribution in [0.2, 0.25) is 0 Å². The number of para-hydroxylation sites is 1. The molecule has 2 aromatic rings. The minimum atomic E-state index is -4.49. The predicted molar refractivity (Wildman–Crippen MR) is 126 cm³/mol. The van der Waals surface area contributed by atoms with E-state index in [0.717, 1.165) is 49.9 Å². The SMILES string of the molecule is N[C@H](C(=O)N1CCSC1)C1CCC(NCCNc2cc(C(F)(F)F)nc3ccccc23)CC1. The average molecular weight is 482 g/mol. The van der Waals surface area contributed by atoms with Crippen molar-refractivity contribution in [2.24, 2.45) is 11.7 Å². The molecule has 1 aliphatic carbocycles. The molecule has 4 N–H and O–H groups in total. The number of nitrogens with one attached hydrogen (secondary N) is 2. The van der Waals surface area contributed by atoms with Crippen LogP contribution in [0.5, 0.6) is 0 Å². The van der Waals surface area contributed by atoms with Crippen molar-refractivity contribution < 1.29 is 18.0 Å². The van der Waals surface area contributed by atoms with Crippen molar-refractivity contribution >= 4 is 34.3 Å². The fourth-order valence-electron chi connectivity index (χ4n) is 4.62. The lowest BCUT2D eigenvalue weighted by atomic mass is 9.81. The number of benzene rings is 1.